The van der Waals surface area contributed by atoms with E-state index >= 15 is 0 Å². The molecule has 1 aromatic rings. The van der Waals surface area contributed by atoms with Crippen LogP contribution in [0, 0.1) is 12.8 Å². The highest BCUT2D eigenvalue weighted by atomic mass is 32.1. The summed E-state index contributed by atoms with van der Waals surface area (Å²) < 4.78 is 3.86. The summed E-state index contributed by atoms with van der Waals surface area (Å²) in [4.78, 5) is 5.35. The van der Waals surface area contributed by atoms with E-state index in [-0.39, 0.29) is 0 Å². The second-order valence-corrected chi connectivity index (χ2v) is 5.00. The minimum Gasteiger partial charge on any atom is -0.370 e. The summed E-state index contributed by atoms with van der Waals surface area (Å²) in [6.07, 6.45) is 3.99. The van der Waals surface area contributed by atoms with Crippen LogP contribution in [0.4, 0.5) is 0 Å². The van der Waals surface area contributed by atoms with Crippen LogP contribution in [-0.2, 0) is 6.54 Å². The maximum Gasteiger partial charge on any atom is 0.188 e. The van der Waals surface area contributed by atoms with Crippen LogP contribution >= 0.6 is 11.5 Å². The Morgan fingerprint density at radius 3 is 3.00 bits per heavy atom. The minimum absolute atomic E-state index is 0.528. The summed E-state index contributed by atoms with van der Waals surface area (Å²) in [6, 6.07) is 0. The van der Waals surface area contributed by atoms with Crippen molar-refractivity contribution in [2.75, 3.05) is 6.54 Å². The van der Waals surface area contributed by atoms with Gasteiger partial charge in [0.1, 0.15) is 0 Å². The van der Waals surface area contributed by atoms with E-state index in [1.165, 1.54) is 30.8 Å². The summed E-state index contributed by atoms with van der Waals surface area (Å²) >= 11 is 1.38. The molecule has 5 nitrogen and oxygen atoms in total. The smallest absolute Gasteiger partial charge is 0.188 e. The van der Waals surface area contributed by atoms with Gasteiger partial charge in [0.15, 0.2) is 5.96 Å². The average molecular weight is 239 g/mol. The molecule has 1 fully saturated rings. The van der Waals surface area contributed by atoms with Crippen molar-refractivity contribution in [1.82, 2.24) is 14.9 Å². The summed E-state index contributed by atoms with van der Waals surface area (Å²) in [5.74, 6) is 1.32. The molecule has 3 N–H and O–H groups in total. The molecule has 0 bridgehead atoms. The van der Waals surface area contributed by atoms with E-state index in [2.05, 4.69) is 19.9 Å². The van der Waals surface area contributed by atoms with Crippen LogP contribution in [0.3, 0.4) is 0 Å². The third-order valence-corrected chi connectivity index (χ3v) is 3.74. The molecule has 88 valence electrons. The first-order valence-electron chi connectivity index (χ1n) is 5.57. The number of aryl methyl sites for hydroxylation is 1. The predicted molar refractivity (Wildman–Crippen MR) is 65.3 cm³/mol. The fourth-order valence-electron chi connectivity index (χ4n) is 1.55. The lowest BCUT2D eigenvalue weighted by Gasteiger charge is -2.25. The molecule has 0 radical (unpaired) electrons. The SMILES string of the molecule is Cc1nnsc1CN=C(N)NCC1CCC1. The zero-order chi connectivity index (χ0) is 11.4. The number of hydrogen-bond donors (Lipinski definition) is 2. The fourth-order valence-corrected chi connectivity index (χ4v) is 2.11. The Balaban J connectivity index is 1.75. The molecule has 1 saturated carbocycles. The number of aliphatic imine (C=N–C) groups is 1. The van der Waals surface area contributed by atoms with Gasteiger partial charge in [-0.3, -0.25) is 0 Å². The largest absolute Gasteiger partial charge is 0.370 e. The highest BCUT2D eigenvalue weighted by Crippen LogP contribution is 2.24. The maximum absolute atomic E-state index is 5.77. The van der Waals surface area contributed by atoms with E-state index in [4.69, 9.17) is 5.73 Å². The van der Waals surface area contributed by atoms with Crippen LogP contribution in [0.2, 0.25) is 0 Å². The van der Waals surface area contributed by atoms with Crippen LogP contribution in [0.25, 0.3) is 0 Å². The van der Waals surface area contributed by atoms with Gasteiger partial charge in [-0.15, -0.1) is 5.10 Å². The molecule has 0 aliphatic heterocycles. The van der Waals surface area contributed by atoms with E-state index in [1.807, 2.05) is 6.92 Å². The minimum atomic E-state index is 0.528. The zero-order valence-electron chi connectivity index (χ0n) is 9.44. The average Bonchev–Trinajstić information content (AvgIpc) is 2.59. The van der Waals surface area contributed by atoms with Crippen molar-refractivity contribution in [3.63, 3.8) is 0 Å². The molecule has 0 spiro atoms. The first-order chi connectivity index (χ1) is 7.75. The number of rotatable bonds is 4. The fraction of sp³-hybridized carbons (Fsp3) is 0.700. The standard InChI is InChI=1S/C10H17N5S/c1-7-9(16-15-14-7)6-13-10(11)12-5-8-3-2-4-8/h8H,2-6H2,1H3,(H3,11,12,13). The van der Waals surface area contributed by atoms with E-state index in [1.54, 1.807) is 0 Å². The van der Waals surface area contributed by atoms with Crippen LogP contribution in [-0.4, -0.2) is 22.1 Å². The number of nitrogens with zero attached hydrogens (tertiary/aromatic N) is 3. The molecule has 16 heavy (non-hydrogen) atoms. The van der Waals surface area contributed by atoms with Crippen LogP contribution in [0.15, 0.2) is 4.99 Å². The van der Waals surface area contributed by atoms with E-state index < -0.39 is 0 Å². The number of guanidine groups is 1. The highest BCUT2D eigenvalue weighted by molar-refractivity contribution is 7.05. The molecule has 2 rings (SSSR count). The van der Waals surface area contributed by atoms with Gasteiger partial charge in [-0.05, 0) is 37.2 Å². The van der Waals surface area contributed by atoms with E-state index in [0.717, 1.165) is 23.0 Å². The van der Waals surface area contributed by atoms with Crippen LogP contribution in [0.5, 0.6) is 0 Å². The lowest BCUT2D eigenvalue weighted by Crippen LogP contribution is -2.37. The monoisotopic (exact) mass is 239 g/mol. The zero-order valence-corrected chi connectivity index (χ0v) is 10.3. The first kappa shape index (κ1) is 11.3. The third kappa shape index (κ3) is 2.91. The quantitative estimate of drug-likeness (QED) is 0.608. The molecular formula is C10H17N5S. The molecule has 1 heterocycles. The normalized spacial score (nSPS) is 17.2. The molecule has 0 amide bonds. The molecule has 1 aromatic heterocycles. The second-order valence-electron chi connectivity index (χ2n) is 4.16. The Morgan fingerprint density at radius 1 is 1.62 bits per heavy atom. The van der Waals surface area contributed by atoms with Gasteiger partial charge in [0, 0.05) is 6.54 Å². The van der Waals surface area contributed by atoms with E-state index in [0.29, 0.717) is 12.5 Å². The van der Waals surface area contributed by atoms with E-state index in [9.17, 15) is 0 Å². The first-order valence-corrected chi connectivity index (χ1v) is 6.34. The maximum atomic E-state index is 5.77. The molecule has 1 aliphatic rings. The van der Waals surface area contributed by atoms with Crippen LogP contribution in [0.1, 0.15) is 29.8 Å². The van der Waals surface area contributed by atoms with Crippen molar-refractivity contribution in [2.45, 2.75) is 32.7 Å². The van der Waals surface area contributed by atoms with Gasteiger partial charge >= 0.3 is 0 Å². The Labute approximate surface area is 99.3 Å². The number of aromatic nitrogens is 2. The van der Waals surface area contributed by atoms with Crippen molar-refractivity contribution in [2.24, 2.45) is 16.6 Å². The van der Waals surface area contributed by atoms with Crippen molar-refractivity contribution in [3.05, 3.63) is 10.6 Å². The molecule has 1 aliphatic carbocycles. The Kier molecular flexibility index (Phi) is 3.71. The Hall–Kier alpha value is -1.17. The summed E-state index contributed by atoms with van der Waals surface area (Å²) in [5.41, 5.74) is 6.72. The second kappa shape index (κ2) is 5.25. The van der Waals surface area contributed by atoms with Gasteiger partial charge in [-0.2, -0.15) is 0 Å². The number of nitrogens with two attached hydrogens (primary N) is 1. The lowest BCUT2D eigenvalue weighted by atomic mass is 9.85. The van der Waals surface area contributed by atoms with Gasteiger partial charge in [0.25, 0.3) is 0 Å². The van der Waals surface area contributed by atoms with Gasteiger partial charge in [-0.1, -0.05) is 10.9 Å². The molecule has 0 atom stereocenters. The molecule has 0 aromatic carbocycles. The van der Waals surface area contributed by atoms with Crippen molar-refractivity contribution < 1.29 is 0 Å². The number of hydrogen-bond acceptors (Lipinski definition) is 4. The predicted octanol–water partition coefficient (Wildman–Crippen LogP) is 1.05. The molecule has 0 unspecified atom stereocenters. The topological polar surface area (TPSA) is 76.2 Å². The van der Waals surface area contributed by atoms with Gasteiger partial charge in [0.2, 0.25) is 0 Å². The lowest BCUT2D eigenvalue weighted by molar-refractivity contribution is 0.315. The third-order valence-electron chi connectivity index (χ3n) is 2.93. The highest BCUT2D eigenvalue weighted by Gasteiger charge is 2.16. The summed E-state index contributed by atoms with van der Waals surface area (Å²) in [5, 5.41) is 7.09. The Bertz CT molecular complexity index is 369. The molecule has 6 heteroatoms. The van der Waals surface area contributed by atoms with Gasteiger partial charge < -0.3 is 11.1 Å². The van der Waals surface area contributed by atoms with Crippen molar-refractivity contribution >= 4 is 17.5 Å². The van der Waals surface area contributed by atoms with Gasteiger partial charge in [-0.25, -0.2) is 4.99 Å². The summed E-state index contributed by atoms with van der Waals surface area (Å²) in [7, 11) is 0. The molecule has 0 saturated heterocycles. The van der Waals surface area contributed by atoms with Crippen molar-refractivity contribution in [1.29, 1.82) is 0 Å². The molecular weight excluding hydrogens is 222 g/mol. The number of nitrogens with one attached hydrogen (secondary N) is 1. The van der Waals surface area contributed by atoms with Crippen LogP contribution < -0.4 is 11.1 Å². The van der Waals surface area contributed by atoms with Gasteiger partial charge in [0.05, 0.1) is 17.1 Å². The summed E-state index contributed by atoms with van der Waals surface area (Å²) in [6.45, 7) is 3.47. The Morgan fingerprint density at radius 2 is 2.44 bits per heavy atom. The van der Waals surface area contributed by atoms with Crippen molar-refractivity contribution in [3.8, 4) is 0 Å².